The quantitative estimate of drug-likeness (QED) is 0.608. The first-order chi connectivity index (χ1) is 5.31. The summed E-state index contributed by atoms with van der Waals surface area (Å²) in [5, 5.41) is 2.24. The van der Waals surface area contributed by atoms with E-state index >= 15 is 0 Å². The summed E-state index contributed by atoms with van der Waals surface area (Å²) in [6, 6.07) is 0. The van der Waals surface area contributed by atoms with Gasteiger partial charge in [-0.25, -0.2) is 0 Å². The van der Waals surface area contributed by atoms with Crippen LogP contribution in [0.3, 0.4) is 0 Å². The molecule has 0 bridgehead atoms. The van der Waals surface area contributed by atoms with Gasteiger partial charge in [-0.15, -0.1) is 0 Å². The maximum atomic E-state index is 10.9. The molecule has 69 valence electrons. The SMILES string of the molecule is [CH2]C(=O)NCC(=O)OC(C)(C)C. The monoisotopic (exact) mass is 172 g/mol. The summed E-state index contributed by atoms with van der Waals surface area (Å²) in [6.45, 7) is 8.21. The van der Waals surface area contributed by atoms with Crippen LogP contribution < -0.4 is 5.32 Å². The first-order valence-corrected chi connectivity index (χ1v) is 3.63. The van der Waals surface area contributed by atoms with Crippen LogP contribution in [0.15, 0.2) is 0 Å². The molecule has 0 atom stereocenters. The fourth-order valence-electron chi connectivity index (χ4n) is 0.548. The van der Waals surface area contributed by atoms with Crippen molar-refractivity contribution in [3.05, 3.63) is 6.92 Å². The molecule has 1 N–H and O–H groups in total. The van der Waals surface area contributed by atoms with Crippen LogP contribution in [0.1, 0.15) is 20.8 Å². The summed E-state index contributed by atoms with van der Waals surface area (Å²) in [4.78, 5) is 21.2. The number of ether oxygens (including phenoxy) is 1. The van der Waals surface area contributed by atoms with Gasteiger partial charge in [0.2, 0.25) is 5.91 Å². The zero-order valence-electron chi connectivity index (χ0n) is 7.64. The van der Waals surface area contributed by atoms with Crippen LogP contribution >= 0.6 is 0 Å². The van der Waals surface area contributed by atoms with Gasteiger partial charge in [-0.1, -0.05) is 0 Å². The van der Waals surface area contributed by atoms with E-state index in [9.17, 15) is 9.59 Å². The number of rotatable bonds is 2. The van der Waals surface area contributed by atoms with Crippen molar-refractivity contribution in [3.8, 4) is 0 Å². The summed E-state index contributed by atoms with van der Waals surface area (Å²) in [6.07, 6.45) is 0. The first-order valence-electron chi connectivity index (χ1n) is 3.63. The molecule has 0 saturated heterocycles. The number of carbonyl (C=O) groups excluding carboxylic acids is 2. The molecule has 0 unspecified atom stereocenters. The number of esters is 1. The van der Waals surface area contributed by atoms with Crippen LogP contribution in [-0.2, 0) is 14.3 Å². The highest BCUT2D eigenvalue weighted by Gasteiger charge is 2.15. The Morgan fingerprint density at radius 2 is 1.92 bits per heavy atom. The van der Waals surface area contributed by atoms with E-state index in [1.165, 1.54) is 0 Å². The molecule has 0 aliphatic heterocycles. The summed E-state index contributed by atoms with van der Waals surface area (Å²) in [5.41, 5.74) is -0.511. The third kappa shape index (κ3) is 7.05. The van der Waals surface area contributed by atoms with E-state index in [0.29, 0.717) is 0 Å². The molecule has 1 radical (unpaired) electrons. The fraction of sp³-hybridized carbons (Fsp3) is 0.625. The molecule has 0 aliphatic rings. The van der Waals surface area contributed by atoms with Gasteiger partial charge in [0.05, 0.1) is 0 Å². The Bertz CT molecular complexity index is 181. The topological polar surface area (TPSA) is 55.4 Å². The van der Waals surface area contributed by atoms with Crippen LogP contribution in [0.25, 0.3) is 0 Å². The van der Waals surface area contributed by atoms with Crippen LogP contribution in [0.5, 0.6) is 0 Å². The highest BCUT2D eigenvalue weighted by molar-refractivity contribution is 5.84. The molecule has 0 spiro atoms. The Kier molecular flexibility index (Phi) is 3.73. The number of hydrogen-bond donors (Lipinski definition) is 1. The largest absolute Gasteiger partial charge is 0.459 e. The molecule has 0 aromatic carbocycles. The maximum absolute atomic E-state index is 10.9. The second-order valence-electron chi connectivity index (χ2n) is 3.36. The molecule has 4 heteroatoms. The molecule has 1 amide bonds. The van der Waals surface area contributed by atoms with Crippen molar-refractivity contribution in [3.63, 3.8) is 0 Å². The molecule has 0 aromatic rings. The lowest BCUT2D eigenvalue weighted by atomic mass is 10.2. The van der Waals surface area contributed by atoms with Crippen molar-refractivity contribution >= 4 is 11.9 Å². The van der Waals surface area contributed by atoms with Crippen molar-refractivity contribution < 1.29 is 14.3 Å². The van der Waals surface area contributed by atoms with E-state index in [1.807, 2.05) is 0 Å². The number of carbonyl (C=O) groups is 2. The number of amides is 1. The van der Waals surface area contributed by atoms with Crippen molar-refractivity contribution in [1.82, 2.24) is 5.32 Å². The normalized spacial score (nSPS) is 10.7. The Morgan fingerprint density at radius 3 is 2.25 bits per heavy atom. The minimum absolute atomic E-state index is 0.125. The molecule has 12 heavy (non-hydrogen) atoms. The van der Waals surface area contributed by atoms with Gasteiger partial charge in [0.25, 0.3) is 0 Å². The Morgan fingerprint density at radius 1 is 1.42 bits per heavy atom. The molecule has 0 saturated carbocycles. The summed E-state index contributed by atoms with van der Waals surface area (Å²) >= 11 is 0. The smallest absolute Gasteiger partial charge is 0.325 e. The van der Waals surface area contributed by atoms with Crippen LogP contribution in [0, 0.1) is 6.92 Å². The van der Waals surface area contributed by atoms with Crippen molar-refractivity contribution in [2.24, 2.45) is 0 Å². The molecule has 0 heterocycles. The van der Waals surface area contributed by atoms with Gasteiger partial charge in [0.1, 0.15) is 12.1 Å². The Balaban J connectivity index is 3.68. The molecular formula is C8H14NO3. The van der Waals surface area contributed by atoms with Gasteiger partial charge in [-0.05, 0) is 20.8 Å². The predicted molar refractivity (Wildman–Crippen MR) is 44.2 cm³/mol. The number of nitrogens with one attached hydrogen (secondary N) is 1. The van der Waals surface area contributed by atoms with E-state index in [1.54, 1.807) is 20.8 Å². The second kappa shape index (κ2) is 4.09. The molecule has 0 aliphatic carbocycles. The minimum atomic E-state index is -0.511. The van der Waals surface area contributed by atoms with Gasteiger partial charge in [0, 0.05) is 6.92 Å². The zero-order valence-corrected chi connectivity index (χ0v) is 7.64. The third-order valence-electron chi connectivity index (χ3n) is 0.850. The van der Waals surface area contributed by atoms with Crippen LogP contribution in [0.4, 0.5) is 0 Å². The molecule has 0 fully saturated rings. The fourth-order valence-corrected chi connectivity index (χ4v) is 0.548. The summed E-state index contributed by atoms with van der Waals surface area (Å²) < 4.78 is 4.91. The van der Waals surface area contributed by atoms with Gasteiger partial charge >= 0.3 is 5.97 Å². The van der Waals surface area contributed by atoms with E-state index < -0.39 is 17.5 Å². The first kappa shape index (κ1) is 10.9. The molecule has 4 nitrogen and oxygen atoms in total. The van der Waals surface area contributed by atoms with Gasteiger partial charge in [-0.2, -0.15) is 0 Å². The van der Waals surface area contributed by atoms with Crippen molar-refractivity contribution in [2.75, 3.05) is 6.54 Å². The molecule has 0 rings (SSSR count). The Hall–Kier alpha value is -1.06. The Labute approximate surface area is 72.3 Å². The average Bonchev–Trinajstić information content (AvgIpc) is 1.79. The van der Waals surface area contributed by atoms with E-state index in [0.717, 1.165) is 0 Å². The molecule has 0 aromatic heterocycles. The lowest BCUT2D eigenvalue weighted by Gasteiger charge is -2.19. The zero-order chi connectivity index (χ0) is 9.78. The maximum Gasteiger partial charge on any atom is 0.325 e. The number of hydrogen-bond acceptors (Lipinski definition) is 3. The summed E-state index contributed by atoms with van der Waals surface area (Å²) in [5.74, 6) is -0.944. The third-order valence-corrected chi connectivity index (χ3v) is 0.850. The van der Waals surface area contributed by atoms with E-state index in [2.05, 4.69) is 12.2 Å². The van der Waals surface area contributed by atoms with Gasteiger partial charge in [-0.3, -0.25) is 9.59 Å². The van der Waals surface area contributed by atoms with Crippen LogP contribution in [0.2, 0.25) is 0 Å². The average molecular weight is 172 g/mol. The minimum Gasteiger partial charge on any atom is -0.459 e. The van der Waals surface area contributed by atoms with Gasteiger partial charge < -0.3 is 10.1 Å². The highest BCUT2D eigenvalue weighted by atomic mass is 16.6. The highest BCUT2D eigenvalue weighted by Crippen LogP contribution is 2.05. The van der Waals surface area contributed by atoms with Crippen molar-refractivity contribution in [2.45, 2.75) is 26.4 Å². The summed E-state index contributed by atoms with van der Waals surface area (Å²) in [7, 11) is 0. The van der Waals surface area contributed by atoms with Crippen molar-refractivity contribution in [1.29, 1.82) is 0 Å². The van der Waals surface area contributed by atoms with E-state index in [4.69, 9.17) is 4.74 Å². The van der Waals surface area contributed by atoms with Gasteiger partial charge in [0.15, 0.2) is 0 Å². The lowest BCUT2D eigenvalue weighted by Crippen LogP contribution is -2.33. The second-order valence-corrected chi connectivity index (χ2v) is 3.36. The molecular weight excluding hydrogens is 158 g/mol. The van der Waals surface area contributed by atoms with Crippen LogP contribution in [-0.4, -0.2) is 24.0 Å². The standard InChI is InChI=1S/C8H14NO3/c1-6(10)9-5-7(11)12-8(2,3)4/h1,5H2,2-4H3,(H,9,10). The lowest BCUT2D eigenvalue weighted by molar-refractivity contribution is -0.154. The van der Waals surface area contributed by atoms with E-state index in [-0.39, 0.29) is 6.54 Å². The predicted octanol–water partition coefficient (Wildman–Crippen LogP) is 0.278.